The van der Waals surface area contributed by atoms with Gasteiger partial charge in [-0.3, -0.25) is 0 Å². The fourth-order valence-corrected chi connectivity index (χ4v) is 2.40. The van der Waals surface area contributed by atoms with Crippen LogP contribution >= 0.6 is 12.4 Å². The van der Waals surface area contributed by atoms with Crippen molar-refractivity contribution in [3.8, 4) is 0 Å². The van der Waals surface area contributed by atoms with E-state index >= 15 is 0 Å². The van der Waals surface area contributed by atoms with Crippen molar-refractivity contribution in [2.24, 2.45) is 9.98 Å². The fourth-order valence-electron chi connectivity index (χ4n) is 2.40. The molecule has 1 unspecified atom stereocenters. The molecular weight excluding hydrogens is 250 g/mol. The van der Waals surface area contributed by atoms with Crippen LogP contribution in [0.3, 0.4) is 0 Å². The number of nitrogens with zero attached hydrogens (tertiary/aromatic N) is 2. The number of aliphatic imine (C=N–C) groups is 2. The van der Waals surface area contributed by atoms with Gasteiger partial charge in [-0.2, -0.15) is 0 Å². The second-order valence-electron chi connectivity index (χ2n) is 4.89. The Kier molecular flexibility index (Phi) is 8.27. The zero-order valence-corrected chi connectivity index (χ0v) is 11.8. The molecule has 1 N–H and O–H groups in total. The Morgan fingerprint density at radius 1 is 1.22 bits per heavy atom. The van der Waals surface area contributed by atoms with Crippen LogP contribution in [0.5, 0.6) is 0 Å². The Morgan fingerprint density at radius 3 is 2.78 bits per heavy atom. The largest absolute Gasteiger partial charge is 0.376 e. The molecule has 1 aliphatic heterocycles. The number of hydrogen-bond acceptors (Lipinski definition) is 4. The van der Waals surface area contributed by atoms with Crippen molar-refractivity contribution in [1.82, 2.24) is 5.32 Å². The number of halogens is 1. The SMILES string of the molecule is C(=NCCC1CNCCO1)=NC1CCCCC1.Cl. The van der Waals surface area contributed by atoms with Gasteiger partial charge in [0.15, 0.2) is 0 Å². The number of morpholine rings is 1. The molecule has 1 atom stereocenters. The number of nitrogens with one attached hydrogen (secondary N) is 1. The molecular formula is C13H24ClN3O. The molecule has 0 aromatic carbocycles. The molecule has 1 saturated carbocycles. The van der Waals surface area contributed by atoms with E-state index in [4.69, 9.17) is 4.74 Å². The molecule has 1 saturated heterocycles. The second kappa shape index (κ2) is 9.51. The van der Waals surface area contributed by atoms with Gasteiger partial charge in [0, 0.05) is 13.1 Å². The average molecular weight is 274 g/mol. The molecule has 0 aromatic rings. The summed E-state index contributed by atoms with van der Waals surface area (Å²) in [6.07, 6.45) is 7.74. The van der Waals surface area contributed by atoms with Crippen molar-refractivity contribution in [2.75, 3.05) is 26.2 Å². The normalized spacial score (nSPS) is 24.8. The predicted octanol–water partition coefficient (Wildman–Crippen LogP) is 2.29. The maximum atomic E-state index is 5.59. The first-order chi connectivity index (χ1) is 8.45. The highest BCUT2D eigenvalue weighted by Gasteiger charge is 2.12. The van der Waals surface area contributed by atoms with Crippen molar-refractivity contribution < 1.29 is 4.74 Å². The third-order valence-corrected chi connectivity index (χ3v) is 3.45. The summed E-state index contributed by atoms with van der Waals surface area (Å²) in [7, 11) is 0. The smallest absolute Gasteiger partial charge is 0.0895 e. The van der Waals surface area contributed by atoms with E-state index in [1.165, 1.54) is 32.1 Å². The van der Waals surface area contributed by atoms with Crippen LogP contribution in [-0.4, -0.2) is 44.4 Å². The fraction of sp³-hybridized carbons (Fsp3) is 0.923. The molecule has 5 heteroatoms. The van der Waals surface area contributed by atoms with Gasteiger partial charge in [-0.1, -0.05) is 19.3 Å². The molecule has 2 rings (SSSR count). The Balaban J connectivity index is 0.00000162. The molecule has 0 radical (unpaired) electrons. The lowest BCUT2D eigenvalue weighted by Crippen LogP contribution is -2.38. The van der Waals surface area contributed by atoms with Crippen molar-refractivity contribution in [1.29, 1.82) is 0 Å². The molecule has 4 nitrogen and oxygen atoms in total. The Hall–Kier alpha value is -0.410. The topological polar surface area (TPSA) is 46.0 Å². The molecule has 0 amide bonds. The van der Waals surface area contributed by atoms with E-state index in [2.05, 4.69) is 21.3 Å². The molecule has 104 valence electrons. The lowest BCUT2D eigenvalue weighted by atomic mass is 9.96. The first-order valence-corrected chi connectivity index (χ1v) is 6.89. The summed E-state index contributed by atoms with van der Waals surface area (Å²) >= 11 is 0. The summed E-state index contributed by atoms with van der Waals surface area (Å²) in [6.45, 7) is 3.53. The van der Waals surface area contributed by atoms with Gasteiger partial charge >= 0.3 is 0 Å². The number of ether oxygens (including phenoxy) is 1. The molecule has 2 fully saturated rings. The van der Waals surface area contributed by atoms with Crippen LogP contribution in [0.4, 0.5) is 0 Å². The van der Waals surface area contributed by atoms with Gasteiger partial charge in [0.05, 0.1) is 31.3 Å². The summed E-state index contributed by atoms with van der Waals surface area (Å²) < 4.78 is 5.59. The van der Waals surface area contributed by atoms with Gasteiger partial charge in [-0.25, -0.2) is 9.98 Å². The summed E-state index contributed by atoms with van der Waals surface area (Å²) in [6, 6.07) is 3.35. The maximum absolute atomic E-state index is 5.59. The van der Waals surface area contributed by atoms with Crippen molar-refractivity contribution in [2.45, 2.75) is 50.7 Å². The lowest BCUT2D eigenvalue weighted by Gasteiger charge is -2.22. The first kappa shape index (κ1) is 15.6. The van der Waals surface area contributed by atoms with Crippen LogP contribution in [0, 0.1) is 0 Å². The third-order valence-electron chi connectivity index (χ3n) is 3.45. The van der Waals surface area contributed by atoms with Crippen molar-refractivity contribution in [3.05, 3.63) is 0 Å². The van der Waals surface area contributed by atoms with E-state index in [9.17, 15) is 0 Å². The predicted molar refractivity (Wildman–Crippen MR) is 76.1 cm³/mol. The van der Waals surface area contributed by atoms with E-state index in [0.29, 0.717) is 12.1 Å². The Labute approximate surface area is 116 Å². The molecule has 18 heavy (non-hydrogen) atoms. The van der Waals surface area contributed by atoms with Gasteiger partial charge in [-0.15, -0.1) is 12.4 Å². The highest BCUT2D eigenvalue weighted by Crippen LogP contribution is 2.19. The van der Waals surface area contributed by atoms with Gasteiger partial charge in [-0.05, 0) is 19.3 Å². The zero-order valence-electron chi connectivity index (χ0n) is 10.9. The van der Waals surface area contributed by atoms with Crippen molar-refractivity contribution >= 4 is 18.4 Å². The molecule has 1 heterocycles. The zero-order chi connectivity index (χ0) is 11.8. The van der Waals surface area contributed by atoms with Crippen LogP contribution in [0.2, 0.25) is 0 Å². The standard InChI is InChI=1S/C13H23N3O.ClH/c1-2-4-12(5-3-1)16-11-15-7-6-13-10-14-8-9-17-13;/h12-14H,1-10H2;1H. The van der Waals surface area contributed by atoms with E-state index in [1.807, 2.05) is 0 Å². The highest BCUT2D eigenvalue weighted by molar-refractivity contribution is 5.85. The quantitative estimate of drug-likeness (QED) is 0.799. The summed E-state index contributed by atoms with van der Waals surface area (Å²) in [5, 5.41) is 3.32. The molecule has 2 aliphatic rings. The number of hydrogen-bond donors (Lipinski definition) is 1. The first-order valence-electron chi connectivity index (χ1n) is 6.89. The van der Waals surface area contributed by atoms with Gasteiger partial charge in [0.1, 0.15) is 0 Å². The van der Waals surface area contributed by atoms with E-state index in [-0.39, 0.29) is 12.4 Å². The molecule has 0 aromatic heterocycles. The summed E-state index contributed by atoms with van der Waals surface area (Å²) in [5.41, 5.74) is 0. The second-order valence-corrected chi connectivity index (χ2v) is 4.89. The molecule has 1 aliphatic carbocycles. The van der Waals surface area contributed by atoms with Crippen LogP contribution in [0.15, 0.2) is 9.98 Å². The van der Waals surface area contributed by atoms with Crippen LogP contribution in [0.25, 0.3) is 0 Å². The Bertz CT molecular complexity index is 267. The number of rotatable bonds is 4. The Morgan fingerprint density at radius 2 is 2.06 bits per heavy atom. The lowest BCUT2D eigenvalue weighted by molar-refractivity contribution is 0.0253. The van der Waals surface area contributed by atoms with Crippen LogP contribution in [0.1, 0.15) is 38.5 Å². The average Bonchev–Trinajstić information content (AvgIpc) is 2.41. The van der Waals surface area contributed by atoms with Gasteiger partial charge in [0.2, 0.25) is 0 Å². The summed E-state index contributed by atoms with van der Waals surface area (Å²) in [4.78, 5) is 8.63. The van der Waals surface area contributed by atoms with Gasteiger partial charge < -0.3 is 10.1 Å². The van der Waals surface area contributed by atoms with E-state index in [0.717, 1.165) is 32.7 Å². The van der Waals surface area contributed by atoms with E-state index in [1.54, 1.807) is 0 Å². The monoisotopic (exact) mass is 273 g/mol. The van der Waals surface area contributed by atoms with E-state index < -0.39 is 0 Å². The minimum atomic E-state index is 0. The third kappa shape index (κ3) is 5.96. The highest BCUT2D eigenvalue weighted by atomic mass is 35.5. The minimum Gasteiger partial charge on any atom is -0.376 e. The van der Waals surface area contributed by atoms with Gasteiger partial charge in [0.25, 0.3) is 0 Å². The van der Waals surface area contributed by atoms with Crippen LogP contribution in [-0.2, 0) is 4.74 Å². The summed E-state index contributed by atoms with van der Waals surface area (Å²) in [5.74, 6) is 0. The van der Waals surface area contributed by atoms with Crippen LogP contribution < -0.4 is 5.32 Å². The molecule has 0 bridgehead atoms. The maximum Gasteiger partial charge on any atom is 0.0895 e. The minimum absolute atomic E-state index is 0. The molecule has 0 spiro atoms. The van der Waals surface area contributed by atoms with Crippen molar-refractivity contribution in [3.63, 3.8) is 0 Å².